The van der Waals surface area contributed by atoms with Gasteiger partial charge < -0.3 is 16.3 Å². The van der Waals surface area contributed by atoms with Crippen molar-refractivity contribution in [1.82, 2.24) is 0 Å². The maximum atomic E-state index is 8.38. The quantitative estimate of drug-likeness (QED) is 0.342. The molecule has 0 heterocycles. The number of halogens is 1. The van der Waals surface area contributed by atoms with Crippen molar-refractivity contribution < 1.29 is 5.21 Å². The van der Waals surface area contributed by atoms with Crippen molar-refractivity contribution in [3.63, 3.8) is 0 Å². The molecule has 0 aliphatic carbocycles. The van der Waals surface area contributed by atoms with Crippen molar-refractivity contribution in [2.24, 2.45) is 10.9 Å². The van der Waals surface area contributed by atoms with Crippen LogP contribution in [0.4, 0.5) is 5.69 Å². The van der Waals surface area contributed by atoms with E-state index in [4.69, 9.17) is 10.9 Å². The zero-order valence-corrected chi connectivity index (χ0v) is 10.3. The van der Waals surface area contributed by atoms with Crippen molar-refractivity contribution in [3.8, 4) is 0 Å². The molecule has 0 bridgehead atoms. The van der Waals surface area contributed by atoms with Gasteiger partial charge in [0.25, 0.3) is 0 Å². The molecule has 1 rings (SSSR count). The Labute approximate surface area is 97.3 Å². The summed E-state index contributed by atoms with van der Waals surface area (Å²) in [7, 11) is 0. The summed E-state index contributed by atoms with van der Waals surface area (Å²) in [6, 6.07) is 4.00. The maximum absolute atomic E-state index is 8.38. The topological polar surface area (TPSA) is 70.6 Å². The molecule has 0 atom stereocenters. The van der Waals surface area contributed by atoms with E-state index in [0.717, 1.165) is 21.3 Å². The molecule has 0 saturated heterocycles. The number of nitrogens with zero attached hydrogens (tertiary/aromatic N) is 1. The number of nitrogens with one attached hydrogen (secondary N) is 1. The average molecular weight is 272 g/mol. The number of rotatable bonds is 3. The van der Waals surface area contributed by atoms with E-state index in [1.165, 1.54) is 0 Å². The molecule has 0 aliphatic rings. The van der Waals surface area contributed by atoms with Gasteiger partial charge in [-0.3, -0.25) is 0 Å². The number of nitrogens with two attached hydrogens (primary N) is 1. The van der Waals surface area contributed by atoms with Crippen LogP contribution in [0.1, 0.15) is 11.1 Å². The molecule has 0 spiro atoms. The SMILES string of the molecule is Cc1cc(NC/C(N)=N/O)cc(C)c1Br. The van der Waals surface area contributed by atoms with E-state index in [1.807, 2.05) is 26.0 Å². The monoisotopic (exact) mass is 271 g/mol. The first-order valence-corrected chi connectivity index (χ1v) is 5.31. The van der Waals surface area contributed by atoms with Crippen LogP contribution in [0.5, 0.6) is 0 Å². The number of hydrogen-bond acceptors (Lipinski definition) is 3. The van der Waals surface area contributed by atoms with Gasteiger partial charge in [0.05, 0.1) is 6.54 Å². The molecule has 0 aliphatic heterocycles. The molecule has 1 aromatic rings. The number of hydrogen-bond donors (Lipinski definition) is 3. The van der Waals surface area contributed by atoms with E-state index in [-0.39, 0.29) is 5.84 Å². The first kappa shape index (κ1) is 11.8. The number of amidine groups is 1. The van der Waals surface area contributed by atoms with Gasteiger partial charge in [0.15, 0.2) is 5.84 Å². The van der Waals surface area contributed by atoms with Crippen LogP contribution in [0.3, 0.4) is 0 Å². The third-order valence-electron chi connectivity index (χ3n) is 2.04. The van der Waals surface area contributed by atoms with Gasteiger partial charge in [0, 0.05) is 10.2 Å². The Balaban J connectivity index is 2.79. The Hall–Kier alpha value is -1.23. The maximum Gasteiger partial charge on any atom is 0.158 e. The molecule has 0 fully saturated rings. The normalized spacial score (nSPS) is 11.5. The predicted molar refractivity (Wildman–Crippen MR) is 65.5 cm³/mol. The summed E-state index contributed by atoms with van der Waals surface area (Å²) in [5.74, 6) is 0.160. The first-order chi connectivity index (χ1) is 7.04. The molecule has 0 saturated carbocycles. The van der Waals surface area contributed by atoms with Crippen LogP contribution < -0.4 is 11.1 Å². The van der Waals surface area contributed by atoms with Crippen LogP contribution in [0.25, 0.3) is 0 Å². The third kappa shape index (κ3) is 3.13. The predicted octanol–water partition coefficient (Wildman–Crippen LogP) is 2.22. The summed E-state index contributed by atoms with van der Waals surface area (Å²) in [6.07, 6.45) is 0. The van der Waals surface area contributed by atoms with Gasteiger partial charge in [-0.05, 0) is 37.1 Å². The van der Waals surface area contributed by atoms with Crippen molar-refractivity contribution in [3.05, 3.63) is 27.7 Å². The molecule has 0 aromatic heterocycles. The van der Waals surface area contributed by atoms with Gasteiger partial charge in [-0.1, -0.05) is 21.1 Å². The minimum absolute atomic E-state index is 0.160. The van der Waals surface area contributed by atoms with Crippen LogP contribution in [-0.4, -0.2) is 17.6 Å². The van der Waals surface area contributed by atoms with E-state index in [0.29, 0.717) is 6.54 Å². The van der Waals surface area contributed by atoms with Crippen LogP contribution >= 0.6 is 15.9 Å². The minimum atomic E-state index is 0.160. The van der Waals surface area contributed by atoms with E-state index < -0.39 is 0 Å². The lowest BCUT2D eigenvalue weighted by atomic mass is 10.1. The highest BCUT2D eigenvalue weighted by Gasteiger charge is 2.02. The van der Waals surface area contributed by atoms with E-state index >= 15 is 0 Å². The number of aryl methyl sites for hydroxylation is 2. The lowest BCUT2D eigenvalue weighted by Gasteiger charge is -2.09. The largest absolute Gasteiger partial charge is 0.409 e. The van der Waals surface area contributed by atoms with Gasteiger partial charge in [0.2, 0.25) is 0 Å². The summed E-state index contributed by atoms with van der Waals surface area (Å²) in [5.41, 5.74) is 8.61. The highest BCUT2D eigenvalue weighted by Crippen LogP contribution is 2.24. The lowest BCUT2D eigenvalue weighted by molar-refractivity contribution is 0.317. The van der Waals surface area contributed by atoms with Crippen molar-refractivity contribution >= 4 is 27.5 Å². The number of oxime groups is 1. The van der Waals surface area contributed by atoms with Crippen LogP contribution in [0.15, 0.2) is 21.8 Å². The molecule has 15 heavy (non-hydrogen) atoms. The van der Waals surface area contributed by atoms with Crippen molar-refractivity contribution in [2.45, 2.75) is 13.8 Å². The lowest BCUT2D eigenvalue weighted by Crippen LogP contribution is -2.22. The Morgan fingerprint density at radius 1 is 1.47 bits per heavy atom. The van der Waals surface area contributed by atoms with Gasteiger partial charge in [-0.15, -0.1) is 0 Å². The molecular formula is C10H14BrN3O. The van der Waals surface area contributed by atoms with E-state index in [9.17, 15) is 0 Å². The number of benzene rings is 1. The van der Waals surface area contributed by atoms with Gasteiger partial charge in [0.1, 0.15) is 0 Å². The highest BCUT2D eigenvalue weighted by molar-refractivity contribution is 9.10. The standard InChI is InChI=1S/C10H14BrN3O/c1-6-3-8(4-7(2)10(6)11)13-5-9(12)14-15/h3-4,13,15H,5H2,1-2H3,(H2,12,14). The van der Waals surface area contributed by atoms with Crippen LogP contribution in [0.2, 0.25) is 0 Å². The van der Waals surface area contributed by atoms with E-state index in [2.05, 4.69) is 26.4 Å². The molecule has 0 radical (unpaired) electrons. The summed E-state index contributed by atoms with van der Waals surface area (Å²) in [5, 5.41) is 14.3. The molecule has 0 amide bonds. The molecule has 4 N–H and O–H groups in total. The molecule has 5 heteroatoms. The molecule has 0 unspecified atom stereocenters. The second-order valence-corrected chi connectivity index (χ2v) is 4.16. The molecular weight excluding hydrogens is 258 g/mol. The Morgan fingerprint density at radius 3 is 2.47 bits per heavy atom. The Morgan fingerprint density at radius 2 is 2.00 bits per heavy atom. The Kier molecular flexibility index (Phi) is 3.96. The summed E-state index contributed by atoms with van der Waals surface area (Å²) in [4.78, 5) is 0. The fourth-order valence-corrected chi connectivity index (χ4v) is 1.50. The smallest absolute Gasteiger partial charge is 0.158 e. The molecule has 82 valence electrons. The van der Waals surface area contributed by atoms with Crippen molar-refractivity contribution in [1.29, 1.82) is 0 Å². The van der Waals surface area contributed by atoms with Crippen LogP contribution in [0, 0.1) is 13.8 Å². The van der Waals surface area contributed by atoms with Crippen molar-refractivity contribution in [2.75, 3.05) is 11.9 Å². The average Bonchev–Trinajstić information content (AvgIpc) is 2.22. The minimum Gasteiger partial charge on any atom is -0.409 e. The fourth-order valence-electron chi connectivity index (χ4n) is 1.28. The summed E-state index contributed by atoms with van der Waals surface area (Å²) in [6.45, 7) is 4.37. The zero-order valence-electron chi connectivity index (χ0n) is 8.71. The molecule has 1 aromatic carbocycles. The second kappa shape index (κ2) is 5.02. The van der Waals surface area contributed by atoms with Gasteiger partial charge in [-0.25, -0.2) is 0 Å². The fraction of sp³-hybridized carbons (Fsp3) is 0.300. The summed E-state index contributed by atoms with van der Waals surface area (Å²) < 4.78 is 1.11. The highest BCUT2D eigenvalue weighted by atomic mass is 79.9. The summed E-state index contributed by atoms with van der Waals surface area (Å²) >= 11 is 3.49. The molecule has 4 nitrogen and oxygen atoms in total. The van der Waals surface area contributed by atoms with Gasteiger partial charge >= 0.3 is 0 Å². The number of anilines is 1. The second-order valence-electron chi connectivity index (χ2n) is 3.37. The van der Waals surface area contributed by atoms with Gasteiger partial charge in [-0.2, -0.15) is 0 Å². The zero-order chi connectivity index (χ0) is 11.4. The third-order valence-corrected chi connectivity index (χ3v) is 3.29. The first-order valence-electron chi connectivity index (χ1n) is 4.51. The van der Waals surface area contributed by atoms with E-state index in [1.54, 1.807) is 0 Å². The van der Waals surface area contributed by atoms with Crippen LogP contribution in [-0.2, 0) is 0 Å². The Bertz CT molecular complexity index is 367.